The molecule has 5 heteroatoms. The molecule has 5 nitrogen and oxygen atoms in total. The van der Waals surface area contributed by atoms with Gasteiger partial charge in [0.15, 0.2) is 0 Å². The second kappa shape index (κ2) is 7.37. The first kappa shape index (κ1) is 13.0. The molecule has 0 fully saturated rings. The Morgan fingerprint density at radius 3 is 2.13 bits per heavy atom. The zero-order valence-electron chi connectivity index (χ0n) is 8.43. The molecule has 1 aromatic rings. The van der Waals surface area contributed by atoms with Gasteiger partial charge >= 0.3 is 12.0 Å². The first-order valence-corrected chi connectivity index (χ1v) is 4.29. The number of nitrogens with two attached hydrogens (primary N) is 1. The minimum Gasteiger partial charge on any atom is -0.481 e. The van der Waals surface area contributed by atoms with Crippen molar-refractivity contribution in [3.63, 3.8) is 0 Å². The van der Waals surface area contributed by atoms with Crippen LogP contribution in [-0.4, -0.2) is 24.2 Å². The second-order valence-corrected chi connectivity index (χ2v) is 2.67. The third-order valence-corrected chi connectivity index (χ3v) is 1.44. The number of nitrogens with one attached hydrogen (secondary N) is 1. The largest absolute Gasteiger partial charge is 0.481 e. The Bertz CT molecular complexity index is 312. The van der Waals surface area contributed by atoms with E-state index in [0.717, 1.165) is 5.56 Å². The van der Waals surface area contributed by atoms with Crippen molar-refractivity contribution in [2.24, 2.45) is 5.73 Å². The molecule has 15 heavy (non-hydrogen) atoms. The van der Waals surface area contributed by atoms with Crippen LogP contribution in [0.5, 0.6) is 0 Å². The number of urea groups is 1. The zero-order chi connectivity index (χ0) is 11.7. The molecule has 0 atom stereocenters. The summed E-state index contributed by atoms with van der Waals surface area (Å²) in [5, 5.41) is 10.5. The molecule has 2 amide bonds. The Hall–Kier alpha value is -2.04. The van der Waals surface area contributed by atoms with Crippen LogP contribution in [0, 0.1) is 0 Å². The van der Waals surface area contributed by atoms with Gasteiger partial charge in [0, 0.05) is 7.05 Å². The number of benzene rings is 1. The number of carboxylic acid groups (broad SMARTS) is 1. The Kier molecular flexibility index (Phi) is 6.37. The molecule has 0 saturated carbocycles. The molecule has 1 aromatic carbocycles. The molecule has 0 spiro atoms. The third-order valence-electron chi connectivity index (χ3n) is 1.44. The number of carboxylic acids is 1. The highest BCUT2D eigenvalue weighted by atomic mass is 16.4. The van der Waals surface area contributed by atoms with E-state index in [1.807, 2.05) is 18.2 Å². The molecular weight excluding hydrogens is 196 g/mol. The van der Waals surface area contributed by atoms with Crippen molar-refractivity contribution in [3.05, 3.63) is 35.9 Å². The highest BCUT2D eigenvalue weighted by molar-refractivity contribution is 5.71. The summed E-state index contributed by atoms with van der Waals surface area (Å²) in [5.74, 6) is -0.786. The molecule has 0 saturated heterocycles. The lowest BCUT2D eigenvalue weighted by atomic mass is 10.2. The fourth-order valence-corrected chi connectivity index (χ4v) is 0.770. The van der Waals surface area contributed by atoms with Gasteiger partial charge in [-0.05, 0) is 5.56 Å². The van der Waals surface area contributed by atoms with Crippen LogP contribution < -0.4 is 11.1 Å². The molecular formula is C10H14N2O3. The number of carbonyl (C=O) groups is 2. The van der Waals surface area contributed by atoms with Crippen molar-refractivity contribution in [1.29, 1.82) is 0 Å². The van der Waals surface area contributed by atoms with Crippen LogP contribution in [0.15, 0.2) is 30.3 Å². The topological polar surface area (TPSA) is 92.4 Å². The second-order valence-electron chi connectivity index (χ2n) is 2.67. The maximum atomic E-state index is 10.2. The van der Waals surface area contributed by atoms with Gasteiger partial charge in [0.25, 0.3) is 0 Å². The number of primary amides is 1. The summed E-state index contributed by atoms with van der Waals surface area (Å²) in [5.41, 5.74) is 5.38. The highest BCUT2D eigenvalue weighted by Gasteiger charge is 1.96. The summed E-state index contributed by atoms with van der Waals surface area (Å²) in [6.07, 6.45) is 0.112. The molecule has 0 aliphatic carbocycles. The maximum Gasteiger partial charge on any atom is 0.311 e. The molecule has 0 radical (unpaired) electrons. The van der Waals surface area contributed by atoms with Crippen molar-refractivity contribution in [2.45, 2.75) is 6.42 Å². The summed E-state index contributed by atoms with van der Waals surface area (Å²) in [6.45, 7) is 0. The van der Waals surface area contributed by atoms with Gasteiger partial charge in [-0.15, -0.1) is 0 Å². The molecule has 82 valence electrons. The molecule has 0 aromatic heterocycles. The van der Waals surface area contributed by atoms with Gasteiger partial charge in [-0.2, -0.15) is 0 Å². The van der Waals surface area contributed by atoms with Gasteiger partial charge in [0.05, 0.1) is 6.42 Å². The van der Waals surface area contributed by atoms with Crippen LogP contribution in [0.25, 0.3) is 0 Å². The minimum atomic E-state index is -0.786. The standard InChI is InChI=1S/C8H8O2.C2H6N2O/c9-8(10)6-7-4-2-1-3-5-7;1-4-2(3)5/h1-5H,6H2,(H,9,10);1H3,(H3,3,4,5). The van der Waals surface area contributed by atoms with E-state index in [9.17, 15) is 9.59 Å². The number of amides is 2. The summed E-state index contributed by atoms with van der Waals surface area (Å²) < 4.78 is 0. The average molecular weight is 210 g/mol. The number of hydrogen-bond acceptors (Lipinski definition) is 2. The van der Waals surface area contributed by atoms with Crippen molar-refractivity contribution < 1.29 is 14.7 Å². The van der Waals surface area contributed by atoms with Crippen LogP contribution in [0.3, 0.4) is 0 Å². The monoisotopic (exact) mass is 210 g/mol. The molecule has 0 bridgehead atoms. The fraction of sp³-hybridized carbons (Fsp3) is 0.200. The lowest BCUT2D eigenvalue weighted by Crippen LogP contribution is -2.24. The lowest BCUT2D eigenvalue weighted by molar-refractivity contribution is -0.136. The van der Waals surface area contributed by atoms with Gasteiger partial charge in [-0.3, -0.25) is 4.79 Å². The van der Waals surface area contributed by atoms with E-state index in [0.29, 0.717) is 0 Å². The van der Waals surface area contributed by atoms with Gasteiger partial charge < -0.3 is 16.2 Å². The van der Waals surface area contributed by atoms with Crippen LogP contribution in [0.1, 0.15) is 5.56 Å². The number of rotatable bonds is 2. The Labute approximate surface area is 87.9 Å². The predicted molar refractivity (Wildman–Crippen MR) is 56.4 cm³/mol. The van der Waals surface area contributed by atoms with E-state index >= 15 is 0 Å². The van der Waals surface area contributed by atoms with Gasteiger partial charge in [-0.25, -0.2) is 4.79 Å². The Balaban J connectivity index is 0.000000336. The molecule has 0 aliphatic heterocycles. The Morgan fingerprint density at radius 2 is 1.80 bits per heavy atom. The van der Waals surface area contributed by atoms with Gasteiger partial charge in [0.2, 0.25) is 0 Å². The smallest absolute Gasteiger partial charge is 0.311 e. The normalized spacial score (nSPS) is 8.33. The van der Waals surface area contributed by atoms with Crippen LogP contribution in [0.2, 0.25) is 0 Å². The number of hydrogen-bond donors (Lipinski definition) is 3. The molecule has 0 aliphatic rings. The van der Waals surface area contributed by atoms with E-state index in [4.69, 9.17) is 5.11 Å². The van der Waals surface area contributed by atoms with Crippen LogP contribution in [-0.2, 0) is 11.2 Å². The number of carbonyl (C=O) groups excluding carboxylic acids is 1. The molecule has 0 heterocycles. The van der Waals surface area contributed by atoms with Gasteiger partial charge in [-0.1, -0.05) is 30.3 Å². The van der Waals surface area contributed by atoms with Crippen molar-refractivity contribution in [3.8, 4) is 0 Å². The van der Waals surface area contributed by atoms with E-state index in [2.05, 4.69) is 11.1 Å². The average Bonchev–Trinajstić information content (AvgIpc) is 2.19. The molecule has 1 rings (SSSR count). The quantitative estimate of drug-likeness (QED) is 0.667. The van der Waals surface area contributed by atoms with E-state index in [-0.39, 0.29) is 6.42 Å². The minimum absolute atomic E-state index is 0.112. The maximum absolute atomic E-state index is 10.2. The van der Waals surface area contributed by atoms with E-state index < -0.39 is 12.0 Å². The lowest BCUT2D eigenvalue weighted by Gasteiger charge is -1.92. The Morgan fingerprint density at radius 1 is 1.33 bits per heavy atom. The molecule has 4 N–H and O–H groups in total. The summed E-state index contributed by atoms with van der Waals surface area (Å²) in [4.78, 5) is 19.6. The summed E-state index contributed by atoms with van der Waals surface area (Å²) in [7, 11) is 1.47. The van der Waals surface area contributed by atoms with E-state index in [1.165, 1.54) is 7.05 Å². The first-order valence-electron chi connectivity index (χ1n) is 4.29. The summed E-state index contributed by atoms with van der Waals surface area (Å²) >= 11 is 0. The fourth-order valence-electron chi connectivity index (χ4n) is 0.770. The number of aliphatic carboxylic acids is 1. The molecule has 0 unspecified atom stereocenters. The first-order chi connectivity index (χ1) is 7.06. The zero-order valence-corrected chi connectivity index (χ0v) is 8.43. The van der Waals surface area contributed by atoms with E-state index in [1.54, 1.807) is 12.1 Å². The van der Waals surface area contributed by atoms with Crippen LogP contribution >= 0.6 is 0 Å². The SMILES string of the molecule is CNC(N)=O.O=C(O)Cc1ccccc1. The van der Waals surface area contributed by atoms with Crippen LogP contribution in [0.4, 0.5) is 4.79 Å². The van der Waals surface area contributed by atoms with Crippen molar-refractivity contribution >= 4 is 12.0 Å². The third kappa shape index (κ3) is 8.29. The van der Waals surface area contributed by atoms with Crippen molar-refractivity contribution in [1.82, 2.24) is 5.32 Å². The van der Waals surface area contributed by atoms with Crippen molar-refractivity contribution in [2.75, 3.05) is 7.05 Å². The van der Waals surface area contributed by atoms with Gasteiger partial charge in [0.1, 0.15) is 0 Å². The predicted octanol–water partition coefficient (Wildman–Crippen LogP) is 0.598. The summed E-state index contributed by atoms with van der Waals surface area (Å²) in [6, 6.07) is 8.63. The highest BCUT2D eigenvalue weighted by Crippen LogP contribution is 1.98.